The SMILES string of the molecule is COCC(C)NS(=O)(=O)c1cc(C)cc(N)c1C. The van der Waals surface area contributed by atoms with Crippen LogP contribution in [0.2, 0.25) is 0 Å². The van der Waals surface area contributed by atoms with E-state index in [-0.39, 0.29) is 10.9 Å². The zero-order valence-electron chi connectivity index (χ0n) is 11.1. The van der Waals surface area contributed by atoms with Gasteiger partial charge in [0.15, 0.2) is 0 Å². The van der Waals surface area contributed by atoms with Crippen molar-refractivity contribution < 1.29 is 13.2 Å². The largest absolute Gasteiger partial charge is 0.398 e. The summed E-state index contributed by atoms with van der Waals surface area (Å²) in [5, 5.41) is 0. The van der Waals surface area contributed by atoms with Gasteiger partial charge in [0.2, 0.25) is 10.0 Å². The highest BCUT2D eigenvalue weighted by Gasteiger charge is 2.20. The Hall–Kier alpha value is -1.11. The van der Waals surface area contributed by atoms with E-state index in [9.17, 15) is 8.42 Å². The van der Waals surface area contributed by atoms with Crippen LogP contribution in [0.3, 0.4) is 0 Å². The predicted octanol–water partition coefficient (Wildman–Crippen LogP) is 1.20. The summed E-state index contributed by atoms with van der Waals surface area (Å²) in [5.41, 5.74) is 7.66. The lowest BCUT2D eigenvalue weighted by atomic mass is 10.1. The summed E-state index contributed by atoms with van der Waals surface area (Å²) in [7, 11) is -2.04. The molecule has 0 bridgehead atoms. The Morgan fingerprint density at radius 2 is 2.00 bits per heavy atom. The van der Waals surface area contributed by atoms with Gasteiger partial charge >= 0.3 is 0 Å². The van der Waals surface area contributed by atoms with Gasteiger partial charge in [-0.1, -0.05) is 0 Å². The van der Waals surface area contributed by atoms with Crippen LogP contribution >= 0.6 is 0 Å². The van der Waals surface area contributed by atoms with Crippen LogP contribution in [0.1, 0.15) is 18.1 Å². The third-order valence-electron chi connectivity index (χ3n) is 2.61. The first-order chi connectivity index (χ1) is 8.27. The maximum atomic E-state index is 12.2. The van der Waals surface area contributed by atoms with Crippen LogP contribution in [0.25, 0.3) is 0 Å². The minimum absolute atomic E-state index is 0.225. The molecule has 5 nitrogen and oxygen atoms in total. The highest BCUT2D eigenvalue weighted by molar-refractivity contribution is 7.89. The summed E-state index contributed by atoms with van der Waals surface area (Å²) < 4.78 is 31.9. The molecule has 0 heterocycles. The molecule has 0 saturated heterocycles. The second-order valence-corrected chi connectivity index (χ2v) is 6.14. The van der Waals surface area contributed by atoms with Gasteiger partial charge in [-0.15, -0.1) is 0 Å². The molecule has 0 aliphatic rings. The number of anilines is 1. The molecule has 0 spiro atoms. The summed E-state index contributed by atoms with van der Waals surface area (Å²) in [6.45, 7) is 5.58. The topological polar surface area (TPSA) is 81.4 Å². The molecule has 6 heteroatoms. The Labute approximate surface area is 108 Å². The van der Waals surface area contributed by atoms with Gasteiger partial charge in [-0.2, -0.15) is 0 Å². The van der Waals surface area contributed by atoms with Gasteiger partial charge in [0, 0.05) is 18.8 Å². The van der Waals surface area contributed by atoms with Crippen molar-refractivity contribution in [1.29, 1.82) is 0 Å². The fourth-order valence-electron chi connectivity index (χ4n) is 1.74. The number of aryl methyl sites for hydroxylation is 1. The van der Waals surface area contributed by atoms with Crippen molar-refractivity contribution in [2.45, 2.75) is 31.7 Å². The molecule has 1 rings (SSSR count). The quantitative estimate of drug-likeness (QED) is 0.789. The van der Waals surface area contributed by atoms with E-state index < -0.39 is 10.0 Å². The number of hydrogen-bond donors (Lipinski definition) is 2. The molecule has 1 aromatic carbocycles. The summed E-state index contributed by atoms with van der Waals surface area (Å²) >= 11 is 0. The number of nitrogens with two attached hydrogens (primary N) is 1. The van der Waals surface area contributed by atoms with Gasteiger partial charge in [-0.3, -0.25) is 0 Å². The van der Waals surface area contributed by atoms with E-state index in [4.69, 9.17) is 10.5 Å². The summed E-state index contributed by atoms with van der Waals surface area (Å²) in [6.07, 6.45) is 0. The average Bonchev–Trinajstić information content (AvgIpc) is 2.22. The molecule has 3 N–H and O–H groups in total. The first kappa shape index (κ1) is 14.9. The van der Waals surface area contributed by atoms with E-state index in [2.05, 4.69) is 4.72 Å². The second-order valence-electron chi connectivity index (χ2n) is 4.45. The van der Waals surface area contributed by atoms with E-state index in [1.165, 1.54) is 7.11 Å². The van der Waals surface area contributed by atoms with E-state index in [0.717, 1.165) is 5.56 Å². The Balaban J connectivity index is 3.13. The number of hydrogen-bond acceptors (Lipinski definition) is 4. The van der Waals surface area contributed by atoms with Gasteiger partial charge in [0.25, 0.3) is 0 Å². The van der Waals surface area contributed by atoms with E-state index in [1.54, 1.807) is 26.0 Å². The van der Waals surface area contributed by atoms with Crippen molar-refractivity contribution >= 4 is 15.7 Å². The zero-order chi connectivity index (χ0) is 13.9. The van der Waals surface area contributed by atoms with Crippen molar-refractivity contribution in [2.24, 2.45) is 0 Å². The third kappa shape index (κ3) is 3.44. The Morgan fingerprint density at radius 1 is 1.39 bits per heavy atom. The zero-order valence-corrected chi connectivity index (χ0v) is 12.0. The number of methoxy groups -OCH3 is 1. The van der Waals surface area contributed by atoms with Crippen LogP contribution < -0.4 is 10.5 Å². The lowest BCUT2D eigenvalue weighted by Crippen LogP contribution is -2.36. The number of ether oxygens (including phenoxy) is 1. The van der Waals surface area contributed by atoms with Crippen molar-refractivity contribution in [1.82, 2.24) is 4.72 Å². The average molecular weight is 272 g/mol. The van der Waals surface area contributed by atoms with Crippen molar-refractivity contribution in [3.05, 3.63) is 23.3 Å². The predicted molar refractivity (Wildman–Crippen MR) is 72.0 cm³/mol. The first-order valence-electron chi connectivity index (χ1n) is 5.66. The Bertz CT molecular complexity index is 526. The molecular weight excluding hydrogens is 252 g/mol. The van der Waals surface area contributed by atoms with Gasteiger partial charge in [-0.25, -0.2) is 13.1 Å². The third-order valence-corrected chi connectivity index (χ3v) is 4.32. The normalized spacial score (nSPS) is 13.6. The van der Waals surface area contributed by atoms with Gasteiger partial charge in [0.1, 0.15) is 0 Å². The Morgan fingerprint density at radius 3 is 2.56 bits per heavy atom. The molecule has 0 aliphatic heterocycles. The lowest BCUT2D eigenvalue weighted by molar-refractivity contribution is 0.180. The van der Waals surface area contributed by atoms with E-state index >= 15 is 0 Å². The number of nitrogen functional groups attached to an aromatic ring is 1. The summed E-state index contributed by atoms with van der Waals surface area (Å²) in [5.74, 6) is 0. The van der Waals surface area contributed by atoms with Crippen LogP contribution in [0.15, 0.2) is 17.0 Å². The van der Waals surface area contributed by atoms with Gasteiger partial charge < -0.3 is 10.5 Å². The van der Waals surface area contributed by atoms with Crippen LogP contribution in [0, 0.1) is 13.8 Å². The molecule has 0 amide bonds. The second kappa shape index (κ2) is 5.69. The Kier molecular flexibility index (Phi) is 4.72. The molecule has 1 atom stereocenters. The maximum Gasteiger partial charge on any atom is 0.241 e. The fourth-order valence-corrected chi connectivity index (χ4v) is 3.33. The maximum absolute atomic E-state index is 12.2. The van der Waals surface area contributed by atoms with Crippen LogP contribution in [-0.2, 0) is 14.8 Å². The van der Waals surface area contributed by atoms with Crippen LogP contribution in [-0.4, -0.2) is 28.2 Å². The van der Waals surface area contributed by atoms with Crippen molar-refractivity contribution in [2.75, 3.05) is 19.5 Å². The molecular formula is C12H20N2O3S. The van der Waals surface area contributed by atoms with Gasteiger partial charge in [0.05, 0.1) is 11.5 Å². The number of rotatable bonds is 5. The van der Waals surface area contributed by atoms with E-state index in [1.807, 2.05) is 6.92 Å². The first-order valence-corrected chi connectivity index (χ1v) is 7.14. The monoisotopic (exact) mass is 272 g/mol. The highest BCUT2D eigenvalue weighted by atomic mass is 32.2. The fraction of sp³-hybridized carbons (Fsp3) is 0.500. The number of benzene rings is 1. The minimum Gasteiger partial charge on any atom is -0.398 e. The standard InChI is InChI=1S/C12H20N2O3S/c1-8-5-11(13)10(3)12(6-8)18(15,16)14-9(2)7-17-4/h5-6,9,14H,7,13H2,1-4H3. The lowest BCUT2D eigenvalue weighted by Gasteiger charge is -2.16. The van der Waals surface area contributed by atoms with E-state index in [0.29, 0.717) is 17.9 Å². The van der Waals surface area contributed by atoms with Crippen molar-refractivity contribution in [3.63, 3.8) is 0 Å². The molecule has 0 aliphatic carbocycles. The summed E-state index contributed by atoms with van der Waals surface area (Å²) in [6, 6.07) is 3.08. The highest BCUT2D eigenvalue weighted by Crippen LogP contribution is 2.23. The molecule has 18 heavy (non-hydrogen) atoms. The molecule has 0 radical (unpaired) electrons. The van der Waals surface area contributed by atoms with Crippen molar-refractivity contribution in [3.8, 4) is 0 Å². The molecule has 0 aromatic heterocycles. The van der Waals surface area contributed by atoms with Gasteiger partial charge in [-0.05, 0) is 44.0 Å². The molecule has 1 aromatic rings. The minimum atomic E-state index is -3.57. The number of sulfonamides is 1. The number of nitrogens with one attached hydrogen (secondary N) is 1. The summed E-state index contributed by atoms with van der Waals surface area (Å²) in [4.78, 5) is 0.225. The molecule has 0 saturated carbocycles. The van der Waals surface area contributed by atoms with Crippen LogP contribution in [0.5, 0.6) is 0 Å². The molecule has 0 fully saturated rings. The molecule has 1 unspecified atom stereocenters. The van der Waals surface area contributed by atoms with Crippen LogP contribution in [0.4, 0.5) is 5.69 Å². The smallest absolute Gasteiger partial charge is 0.241 e. The molecule has 102 valence electrons.